The first-order valence-electron chi connectivity index (χ1n) is 19.2. The van der Waals surface area contributed by atoms with Gasteiger partial charge < -0.3 is 35.3 Å². The standard InChI is InChI=1S/C41H50BrN5O9S/c1-8-21-18-41(21,37(51)52)47-36(50)26-16-23(15-25(26)33(48)34(40(4,5)6)45-39(53)56-22-11-9-10-12-22)55-30-17-27(28-19-57-38(44-28)46-35(49)20(2)3)43-32-24(30)13-14-29(54-7)31(32)42/h8,13-14,17,19-23,25-26,34H,1,9-12,15-16,18H2,2-7H3,(H,45,53)(H,47,50)(H,51,52)(H,44,46,49)/t21-,23+,25?,26-,34-,41?/m1/s1. The quantitative estimate of drug-likeness (QED) is 0.119. The lowest BCUT2D eigenvalue weighted by atomic mass is 9.77. The second kappa shape index (κ2) is 16.7. The third-order valence-electron chi connectivity index (χ3n) is 11.1. The zero-order valence-electron chi connectivity index (χ0n) is 33.0. The van der Waals surface area contributed by atoms with E-state index in [1.54, 1.807) is 44.5 Å². The van der Waals surface area contributed by atoms with Crippen LogP contribution >= 0.6 is 27.3 Å². The Kier molecular flexibility index (Phi) is 12.3. The second-order valence-corrected chi connectivity index (χ2v) is 18.2. The van der Waals surface area contributed by atoms with Crippen LogP contribution in [0.15, 0.2) is 40.7 Å². The molecule has 0 saturated heterocycles. The molecule has 3 aliphatic carbocycles. The van der Waals surface area contributed by atoms with Crippen LogP contribution in [0.3, 0.4) is 0 Å². The lowest BCUT2D eigenvalue weighted by molar-refractivity contribution is -0.144. The predicted octanol–water partition coefficient (Wildman–Crippen LogP) is 7.30. The van der Waals surface area contributed by atoms with E-state index in [-0.39, 0.29) is 43.0 Å². The summed E-state index contributed by atoms with van der Waals surface area (Å²) in [4.78, 5) is 76.3. The molecule has 3 fully saturated rings. The molecule has 3 aliphatic rings. The predicted molar refractivity (Wildman–Crippen MR) is 218 cm³/mol. The van der Waals surface area contributed by atoms with Gasteiger partial charge in [-0.25, -0.2) is 19.6 Å². The lowest BCUT2D eigenvalue weighted by Gasteiger charge is -2.33. The van der Waals surface area contributed by atoms with E-state index in [4.69, 9.17) is 19.2 Å². The number of aliphatic carboxylic acids is 1. The Labute approximate surface area is 344 Å². The second-order valence-electron chi connectivity index (χ2n) is 16.6. The summed E-state index contributed by atoms with van der Waals surface area (Å²) in [5.74, 6) is -4.00. The lowest BCUT2D eigenvalue weighted by Crippen LogP contribution is -2.54. The molecule has 4 N–H and O–H groups in total. The SMILES string of the molecule is C=C[C@@H]1CC1(NC(=O)[C@@H]1C[C@@H](Oc2cc(-c3csc(NC(=O)C(C)C)n3)nc3c(Br)c(OC)ccc23)CC1C(=O)[C@@H](NC(=O)OC1CCCC1)C(C)(C)C)C(=O)O. The van der Waals surface area contributed by atoms with Crippen LogP contribution in [-0.4, -0.2) is 75.6 Å². The van der Waals surface area contributed by atoms with E-state index >= 15 is 0 Å². The highest BCUT2D eigenvalue weighted by atomic mass is 79.9. The Hall–Kier alpha value is -4.57. The minimum Gasteiger partial charge on any atom is -0.495 e. The number of carboxylic acids is 1. The molecule has 0 bridgehead atoms. The van der Waals surface area contributed by atoms with Crippen molar-refractivity contribution in [3.05, 3.63) is 40.7 Å². The molecule has 16 heteroatoms. The number of halogens is 1. The molecule has 6 atom stereocenters. The van der Waals surface area contributed by atoms with Crippen LogP contribution in [0.25, 0.3) is 22.3 Å². The number of hydrogen-bond acceptors (Lipinski definition) is 11. The van der Waals surface area contributed by atoms with Crippen LogP contribution in [-0.2, 0) is 23.9 Å². The van der Waals surface area contributed by atoms with Gasteiger partial charge in [-0.2, -0.15) is 0 Å². The van der Waals surface area contributed by atoms with Gasteiger partial charge in [0.25, 0.3) is 0 Å². The van der Waals surface area contributed by atoms with E-state index in [1.165, 1.54) is 17.4 Å². The number of fused-ring (bicyclic) bond motifs is 1. The van der Waals surface area contributed by atoms with Crippen molar-refractivity contribution in [1.82, 2.24) is 20.6 Å². The number of aromatic nitrogens is 2. The Bertz CT molecular complexity index is 2080. The van der Waals surface area contributed by atoms with Gasteiger partial charge in [-0.3, -0.25) is 14.4 Å². The number of Topliss-reactive ketones (excluding diaryl/α,β-unsaturated/α-hetero) is 1. The Morgan fingerprint density at radius 1 is 1.04 bits per heavy atom. The van der Waals surface area contributed by atoms with Gasteiger partial charge in [0, 0.05) is 34.6 Å². The summed E-state index contributed by atoms with van der Waals surface area (Å²) >= 11 is 4.88. The van der Waals surface area contributed by atoms with Crippen molar-refractivity contribution in [3.8, 4) is 22.9 Å². The number of nitrogens with one attached hydrogen (secondary N) is 3. The van der Waals surface area contributed by atoms with Crippen LogP contribution in [0.4, 0.5) is 9.93 Å². The molecule has 2 unspecified atom stereocenters. The fourth-order valence-corrected chi connectivity index (χ4v) is 9.03. The molecule has 3 aromatic rings. The average Bonchev–Trinajstić information content (AvgIpc) is 3.57. The van der Waals surface area contributed by atoms with Gasteiger partial charge in [0.2, 0.25) is 11.8 Å². The fraction of sp³-hybridized carbons (Fsp3) is 0.537. The van der Waals surface area contributed by atoms with Gasteiger partial charge in [0.05, 0.1) is 34.8 Å². The highest BCUT2D eigenvalue weighted by Crippen LogP contribution is 2.47. The molecule has 57 heavy (non-hydrogen) atoms. The molecular formula is C41H50BrN5O9S. The molecule has 0 spiro atoms. The number of hydrogen-bond donors (Lipinski definition) is 4. The van der Waals surface area contributed by atoms with Crippen molar-refractivity contribution in [2.75, 3.05) is 12.4 Å². The van der Waals surface area contributed by atoms with E-state index in [1.807, 2.05) is 20.8 Å². The molecule has 0 radical (unpaired) electrons. The Morgan fingerprint density at radius 3 is 2.35 bits per heavy atom. The number of nitrogens with zero attached hydrogens (tertiary/aromatic N) is 2. The van der Waals surface area contributed by atoms with Crippen LogP contribution in [0.2, 0.25) is 0 Å². The summed E-state index contributed by atoms with van der Waals surface area (Å²) in [6, 6.07) is 4.27. The number of benzene rings is 1. The van der Waals surface area contributed by atoms with Gasteiger partial charge in [0.1, 0.15) is 34.9 Å². The molecule has 3 amide bonds. The van der Waals surface area contributed by atoms with Gasteiger partial charge in [-0.05, 0) is 78.4 Å². The summed E-state index contributed by atoms with van der Waals surface area (Å²) in [7, 11) is 1.54. The van der Waals surface area contributed by atoms with Gasteiger partial charge in [-0.15, -0.1) is 17.9 Å². The molecular weight excluding hydrogens is 818 g/mol. The van der Waals surface area contributed by atoms with Crippen molar-refractivity contribution < 1.29 is 43.3 Å². The van der Waals surface area contributed by atoms with Crippen molar-refractivity contribution in [1.29, 1.82) is 0 Å². The first-order chi connectivity index (χ1) is 26.9. The topological polar surface area (TPSA) is 195 Å². The number of rotatable bonds is 14. The number of pyridine rings is 1. The number of anilines is 1. The number of ketones is 1. The zero-order valence-corrected chi connectivity index (χ0v) is 35.4. The summed E-state index contributed by atoms with van der Waals surface area (Å²) in [5.41, 5.74) is -0.839. The number of alkyl carbamates (subject to hydrolysis) is 1. The van der Waals surface area contributed by atoms with E-state index in [9.17, 15) is 29.1 Å². The summed E-state index contributed by atoms with van der Waals surface area (Å²) in [5, 5.41) is 21.3. The van der Waals surface area contributed by atoms with E-state index in [0.29, 0.717) is 43.4 Å². The maximum atomic E-state index is 14.7. The highest BCUT2D eigenvalue weighted by Gasteiger charge is 2.61. The molecule has 2 aromatic heterocycles. The van der Waals surface area contributed by atoms with E-state index < -0.39 is 58.8 Å². The van der Waals surface area contributed by atoms with Crippen molar-refractivity contribution >= 4 is 73.0 Å². The monoisotopic (exact) mass is 867 g/mol. The van der Waals surface area contributed by atoms with Crippen molar-refractivity contribution in [2.24, 2.45) is 29.1 Å². The maximum Gasteiger partial charge on any atom is 0.408 e. The number of carbonyl (C=O) groups is 5. The number of amides is 3. The molecule has 3 saturated carbocycles. The fourth-order valence-electron chi connectivity index (χ4n) is 7.73. The Morgan fingerprint density at radius 2 is 1.74 bits per heavy atom. The van der Waals surface area contributed by atoms with Crippen LogP contribution in [0.5, 0.6) is 11.5 Å². The number of ether oxygens (including phenoxy) is 3. The van der Waals surface area contributed by atoms with Crippen molar-refractivity contribution in [2.45, 2.75) is 103 Å². The maximum absolute atomic E-state index is 14.7. The molecule has 0 aliphatic heterocycles. The highest BCUT2D eigenvalue weighted by molar-refractivity contribution is 9.10. The van der Waals surface area contributed by atoms with Crippen LogP contribution in [0.1, 0.15) is 79.6 Å². The summed E-state index contributed by atoms with van der Waals surface area (Å²) < 4.78 is 18.5. The van der Waals surface area contributed by atoms with Crippen LogP contribution in [0, 0.1) is 29.1 Å². The molecule has 2 heterocycles. The smallest absolute Gasteiger partial charge is 0.408 e. The van der Waals surface area contributed by atoms with Gasteiger partial charge in [0.15, 0.2) is 10.9 Å². The van der Waals surface area contributed by atoms with Crippen molar-refractivity contribution in [3.63, 3.8) is 0 Å². The summed E-state index contributed by atoms with van der Waals surface area (Å²) in [6.45, 7) is 12.8. The van der Waals surface area contributed by atoms with E-state index in [2.05, 4.69) is 43.4 Å². The minimum absolute atomic E-state index is 0.0820. The Balaban J connectivity index is 1.34. The van der Waals surface area contributed by atoms with Gasteiger partial charge in [-0.1, -0.05) is 40.7 Å². The number of carboxylic acid groups (broad SMARTS) is 1. The zero-order chi connectivity index (χ0) is 41.4. The number of methoxy groups -OCH3 is 1. The average molecular weight is 869 g/mol. The number of carbonyl (C=O) groups excluding carboxylic acids is 4. The molecule has 1 aromatic carbocycles. The molecule has 306 valence electrons. The normalized spacial score (nSPS) is 23.8. The first-order valence-corrected chi connectivity index (χ1v) is 20.9. The van der Waals surface area contributed by atoms with Gasteiger partial charge >= 0.3 is 12.1 Å². The molecule has 6 rings (SSSR count). The molecule has 14 nitrogen and oxygen atoms in total. The minimum atomic E-state index is -1.51. The third kappa shape index (κ3) is 8.96. The van der Waals surface area contributed by atoms with Crippen LogP contribution < -0.4 is 25.4 Å². The van der Waals surface area contributed by atoms with E-state index in [0.717, 1.165) is 25.7 Å². The largest absolute Gasteiger partial charge is 0.495 e. The first kappa shape index (κ1) is 42.0. The summed E-state index contributed by atoms with van der Waals surface area (Å²) in [6.07, 6.45) is 3.73. The number of thiazole rings is 1. The third-order valence-corrected chi connectivity index (χ3v) is 12.6.